The van der Waals surface area contributed by atoms with E-state index in [2.05, 4.69) is 0 Å². The van der Waals surface area contributed by atoms with Crippen LogP contribution in [0.15, 0.2) is 18.2 Å². The van der Waals surface area contributed by atoms with Gasteiger partial charge in [0.25, 0.3) is 0 Å². The van der Waals surface area contributed by atoms with Crippen LogP contribution in [0.25, 0.3) is 0 Å². The average molecular weight is 253 g/mol. The smallest absolute Gasteiger partial charge is 0.140 e. The minimum atomic E-state index is -0.648. The molecule has 0 aliphatic heterocycles. The first-order chi connectivity index (χ1) is 8.63. The Balaban J connectivity index is 2.12. The van der Waals surface area contributed by atoms with Crippen molar-refractivity contribution in [3.63, 3.8) is 0 Å². The molecule has 2 atom stereocenters. The molecule has 2 nitrogen and oxygen atoms in total. The van der Waals surface area contributed by atoms with E-state index in [0.717, 1.165) is 19.3 Å². The van der Waals surface area contributed by atoms with Crippen molar-refractivity contribution in [1.29, 1.82) is 0 Å². The molecule has 1 fully saturated rings. The number of benzene rings is 1. The number of carbonyl (C=O) groups is 1. The van der Waals surface area contributed by atoms with Crippen LogP contribution in [0, 0.1) is 23.5 Å². The zero-order chi connectivity index (χ0) is 13.1. The minimum absolute atomic E-state index is 0.0908. The van der Waals surface area contributed by atoms with Gasteiger partial charge < -0.3 is 5.73 Å². The molecular weight excluding hydrogens is 236 g/mol. The van der Waals surface area contributed by atoms with Gasteiger partial charge in [0.15, 0.2) is 0 Å². The summed E-state index contributed by atoms with van der Waals surface area (Å²) < 4.78 is 26.9. The molecule has 2 unspecified atom stereocenters. The predicted molar refractivity (Wildman–Crippen MR) is 65.0 cm³/mol. The van der Waals surface area contributed by atoms with Crippen molar-refractivity contribution in [2.75, 3.05) is 6.54 Å². The summed E-state index contributed by atoms with van der Waals surface area (Å²) in [5.41, 5.74) is 5.49. The van der Waals surface area contributed by atoms with Crippen molar-refractivity contribution >= 4 is 5.78 Å². The highest BCUT2D eigenvalue weighted by atomic mass is 19.1. The fourth-order valence-electron chi connectivity index (χ4n) is 2.75. The molecule has 0 saturated heterocycles. The summed E-state index contributed by atoms with van der Waals surface area (Å²) >= 11 is 0. The lowest BCUT2D eigenvalue weighted by atomic mass is 9.88. The fraction of sp³-hybridized carbons (Fsp3) is 0.500. The highest BCUT2D eigenvalue weighted by Crippen LogP contribution is 2.32. The first-order valence-electron chi connectivity index (χ1n) is 6.29. The largest absolute Gasteiger partial charge is 0.330 e. The third kappa shape index (κ3) is 2.58. The van der Waals surface area contributed by atoms with Gasteiger partial charge in [-0.05, 0) is 37.4 Å². The molecule has 1 aromatic carbocycles. The van der Waals surface area contributed by atoms with Gasteiger partial charge in [0.05, 0.1) is 0 Å². The van der Waals surface area contributed by atoms with Crippen LogP contribution in [0.3, 0.4) is 0 Å². The normalized spacial score (nSPS) is 23.3. The molecule has 1 aromatic rings. The monoisotopic (exact) mass is 253 g/mol. The Morgan fingerprint density at radius 1 is 1.28 bits per heavy atom. The maximum Gasteiger partial charge on any atom is 0.140 e. The lowest BCUT2D eigenvalue weighted by Gasteiger charge is -2.16. The Morgan fingerprint density at radius 2 is 1.94 bits per heavy atom. The fourth-order valence-corrected chi connectivity index (χ4v) is 2.75. The molecule has 0 amide bonds. The third-order valence-electron chi connectivity index (χ3n) is 3.79. The highest BCUT2D eigenvalue weighted by molar-refractivity contribution is 5.83. The molecule has 98 valence electrons. The molecule has 4 heteroatoms. The van der Waals surface area contributed by atoms with Crippen LogP contribution in [0.1, 0.15) is 24.8 Å². The summed E-state index contributed by atoms with van der Waals surface area (Å²) in [6.45, 7) is 0.468. The molecule has 2 rings (SSSR count). The maximum absolute atomic E-state index is 13.5. The number of hydrogen-bond acceptors (Lipinski definition) is 2. The standard InChI is InChI=1S/C14H17F2NO/c15-12-5-2-6-13(16)11(12)7-14(18)10-4-1-3-9(10)8-17/h2,5-6,9-10H,1,3-4,7-8,17H2. The van der Waals surface area contributed by atoms with E-state index in [1.807, 2.05) is 0 Å². The zero-order valence-electron chi connectivity index (χ0n) is 10.2. The quantitative estimate of drug-likeness (QED) is 0.895. The SMILES string of the molecule is NCC1CCCC1C(=O)Cc1c(F)cccc1F. The minimum Gasteiger partial charge on any atom is -0.330 e. The summed E-state index contributed by atoms with van der Waals surface area (Å²) in [5.74, 6) is -1.34. The Morgan fingerprint density at radius 3 is 2.56 bits per heavy atom. The van der Waals surface area contributed by atoms with E-state index in [0.29, 0.717) is 6.54 Å². The van der Waals surface area contributed by atoms with Crippen molar-refractivity contribution in [3.8, 4) is 0 Å². The number of hydrogen-bond donors (Lipinski definition) is 1. The van der Waals surface area contributed by atoms with Gasteiger partial charge in [0, 0.05) is 17.9 Å². The molecule has 1 aliphatic rings. The van der Waals surface area contributed by atoms with Gasteiger partial charge in [0.2, 0.25) is 0 Å². The van der Waals surface area contributed by atoms with E-state index >= 15 is 0 Å². The number of nitrogens with two attached hydrogens (primary N) is 1. The molecule has 0 spiro atoms. The molecule has 1 saturated carbocycles. The van der Waals surface area contributed by atoms with Crippen molar-refractivity contribution in [1.82, 2.24) is 0 Å². The van der Waals surface area contributed by atoms with Gasteiger partial charge in [-0.15, -0.1) is 0 Å². The van der Waals surface area contributed by atoms with Crippen LogP contribution in [0.5, 0.6) is 0 Å². The van der Waals surface area contributed by atoms with E-state index in [1.54, 1.807) is 0 Å². The summed E-state index contributed by atoms with van der Waals surface area (Å²) in [6.07, 6.45) is 2.53. The molecular formula is C14H17F2NO. The summed E-state index contributed by atoms with van der Waals surface area (Å²) in [4.78, 5) is 12.1. The van der Waals surface area contributed by atoms with Crippen LogP contribution in [-0.2, 0) is 11.2 Å². The van der Waals surface area contributed by atoms with Crippen LogP contribution in [-0.4, -0.2) is 12.3 Å². The Kier molecular flexibility index (Phi) is 4.07. The first-order valence-corrected chi connectivity index (χ1v) is 6.29. The van der Waals surface area contributed by atoms with Crippen LogP contribution < -0.4 is 5.73 Å². The van der Waals surface area contributed by atoms with Crippen molar-refractivity contribution in [2.24, 2.45) is 17.6 Å². The molecule has 0 heterocycles. The van der Waals surface area contributed by atoms with Gasteiger partial charge >= 0.3 is 0 Å². The van der Waals surface area contributed by atoms with Crippen molar-refractivity contribution in [3.05, 3.63) is 35.4 Å². The number of carbonyl (C=O) groups excluding carboxylic acids is 1. The highest BCUT2D eigenvalue weighted by Gasteiger charge is 2.32. The zero-order valence-corrected chi connectivity index (χ0v) is 10.2. The second-order valence-corrected chi connectivity index (χ2v) is 4.88. The molecule has 0 bridgehead atoms. The van der Waals surface area contributed by atoms with Gasteiger partial charge in [-0.2, -0.15) is 0 Å². The summed E-state index contributed by atoms with van der Waals surface area (Å²) in [5, 5.41) is 0. The van der Waals surface area contributed by atoms with Gasteiger partial charge in [-0.25, -0.2) is 8.78 Å². The topological polar surface area (TPSA) is 43.1 Å². The lowest BCUT2D eigenvalue weighted by Crippen LogP contribution is -2.26. The van der Waals surface area contributed by atoms with Crippen LogP contribution in [0.2, 0.25) is 0 Å². The van der Waals surface area contributed by atoms with E-state index < -0.39 is 11.6 Å². The number of ketones is 1. The molecule has 0 aromatic heterocycles. The van der Waals surface area contributed by atoms with Crippen LogP contribution >= 0.6 is 0 Å². The number of Topliss-reactive ketones (excluding diaryl/α,β-unsaturated/α-hetero) is 1. The maximum atomic E-state index is 13.5. The van der Waals surface area contributed by atoms with E-state index in [-0.39, 0.29) is 29.6 Å². The Labute approximate surface area is 105 Å². The van der Waals surface area contributed by atoms with Crippen molar-refractivity contribution < 1.29 is 13.6 Å². The van der Waals surface area contributed by atoms with E-state index in [1.165, 1.54) is 18.2 Å². The molecule has 18 heavy (non-hydrogen) atoms. The predicted octanol–water partition coefficient (Wildman–Crippen LogP) is 2.45. The third-order valence-corrected chi connectivity index (χ3v) is 3.79. The Hall–Kier alpha value is -1.29. The second kappa shape index (κ2) is 5.57. The van der Waals surface area contributed by atoms with Gasteiger partial charge in [-0.1, -0.05) is 12.5 Å². The molecule has 2 N–H and O–H groups in total. The van der Waals surface area contributed by atoms with Gasteiger partial charge in [-0.3, -0.25) is 4.79 Å². The molecule has 1 aliphatic carbocycles. The second-order valence-electron chi connectivity index (χ2n) is 4.88. The Bertz CT molecular complexity index is 427. The van der Waals surface area contributed by atoms with Crippen LogP contribution in [0.4, 0.5) is 8.78 Å². The van der Waals surface area contributed by atoms with E-state index in [9.17, 15) is 13.6 Å². The summed E-state index contributed by atoms with van der Waals surface area (Å²) in [7, 11) is 0. The lowest BCUT2D eigenvalue weighted by molar-refractivity contribution is -0.123. The molecule has 0 radical (unpaired) electrons. The number of rotatable bonds is 4. The number of halogens is 2. The first kappa shape index (κ1) is 13.1. The summed E-state index contributed by atoms with van der Waals surface area (Å²) in [6, 6.07) is 3.67. The van der Waals surface area contributed by atoms with E-state index in [4.69, 9.17) is 5.73 Å². The average Bonchev–Trinajstić information content (AvgIpc) is 2.82. The van der Waals surface area contributed by atoms with Gasteiger partial charge in [0.1, 0.15) is 17.4 Å². The van der Waals surface area contributed by atoms with Crippen molar-refractivity contribution in [2.45, 2.75) is 25.7 Å².